The van der Waals surface area contributed by atoms with Crippen LogP contribution in [0.3, 0.4) is 0 Å². The monoisotopic (exact) mass is 279 g/mol. The molecular formula is C14H21N3O3. The Morgan fingerprint density at radius 1 is 1.30 bits per heavy atom. The lowest BCUT2D eigenvalue weighted by Gasteiger charge is -2.25. The smallest absolute Gasteiger partial charge is 0.415 e. The summed E-state index contributed by atoms with van der Waals surface area (Å²) < 4.78 is 0. The molecule has 1 rings (SSSR count). The zero-order valence-electron chi connectivity index (χ0n) is 11.7. The molecule has 0 spiro atoms. The molecule has 1 aromatic carbocycles. The van der Waals surface area contributed by atoms with E-state index in [-0.39, 0.29) is 18.6 Å². The zero-order valence-corrected chi connectivity index (χ0v) is 11.7. The highest BCUT2D eigenvalue weighted by Crippen LogP contribution is 2.06. The number of imide groups is 1. The zero-order chi connectivity index (χ0) is 15.1. The van der Waals surface area contributed by atoms with E-state index in [9.17, 15) is 9.59 Å². The Morgan fingerprint density at radius 3 is 2.35 bits per heavy atom. The molecule has 6 heteroatoms. The number of primary amides is 1. The lowest BCUT2D eigenvalue weighted by Crippen LogP contribution is -2.50. The van der Waals surface area contributed by atoms with E-state index in [0.717, 1.165) is 5.56 Å². The van der Waals surface area contributed by atoms with Gasteiger partial charge < -0.3 is 16.2 Å². The van der Waals surface area contributed by atoms with Crippen LogP contribution in [-0.2, 0) is 6.42 Å². The number of hydrogen-bond acceptors (Lipinski definition) is 3. The van der Waals surface area contributed by atoms with Crippen LogP contribution in [0.1, 0.15) is 19.4 Å². The third-order valence-corrected chi connectivity index (χ3v) is 2.79. The minimum absolute atomic E-state index is 0.0255. The van der Waals surface area contributed by atoms with Gasteiger partial charge >= 0.3 is 12.1 Å². The molecule has 3 amide bonds. The fraction of sp³-hybridized carbons (Fsp3) is 0.429. The first kappa shape index (κ1) is 16.0. The normalized spacial score (nSPS) is 12.2. The molecule has 1 atom stereocenters. The molecule has 0 fully saturated rings. The molecule has 110 valence electrons. The number of nitrogens with one attached hydrogen (secondary N) is 1. The first-order valence-electron chi connectivity index (χ1n) is 6.50. The van der Waals surface area contributed by atoms with Gasteiger partial charge in [0.25, 0.3) is 0 Å². The first-order valence-corrected chi connectivity index (χ1v) is 6.50. The highest BCUT2D eigenvalue weighted by atomic mass is 16.4. The summed E-state index contributed by atoms with van der Waals surface area (Å²) in [6, 6.07) is 8.72. The van der Waals surface area contributed by atoms with E-state index in [0.29, 0.717) is 11.3 Å². The van der Waals surface area contributed by atoms with E-state index in [2.05, 4.69) is 5.32 Å². The van der Waals surface area contributed by atoms with Crippen molar-refractivity contribution in [3.05, 3.63) is 35.9 Å². The SMILES string of the molecule is CC(C)NC(Cc1ccccc1)CN(C(N)=O)C(=O)O. The van der Waals surface area contributed by atoms with Gasteiger partial charge in [0.2, 0.25) is 0 Å². The largest absolute Gasteiger partial charge is 0.465 e. The number of rotatable bonds is 6. The van der Waals surface area contributed by atoms with Crippen LogP contribution in [0.15, 0.2) is 30.3 Å². The number of benzene rings is 1. The van der Waals surface area contributed by atoms with Crippen molar-refractivity contribution in [2.75, 3.05) is 6.54 Å². The minimum atomic E-state index is -1.33. The van der Waals surface area contributed by atoms with Gasteiger partial charge in [0, 0.05) is 18.6 Å². The van der Waals surface area contributed by atoms with Gasteiger partial charge in [-0.2, -0.15) is 0 Å². The summed E-state index contributed by atoms with van der Waals surface area (Å²) in [7, 11) is 0. The summed E-state index contributed by atoms with van der Waals surface area (Å²) in [6.45, 7) is 3.96. The Hall–Kier alpha value is -2.08. The van der Waals surface area contributed by atoms with E-state index in [1.54, 1.807) is 0 Å². The number of hydrogen-bond donors (Lipinski definition) is 3. The van der Waals surface area contributed by atoms with Crippen LogP contribution in [0, 0.1) is 0 Å². The van der Waals surface area contributed by atoms with Gasteiger partial charge in [-0.15, -0.1) is 0 Å². The number of carboxylic acid groups (broad SMARTS) is 1. The molecule has 0 aliphatic heterocycles. The molecule has 0 aliphatic carbocycles. The molecule has 20 heavy (non-hydrogen) atoms. The van der Waals surface area contributed by atoms with Crippen LogP contribution in [0.4, 0.5) is 9.59 Å². The molecule has 0 saturated carbocycles. The predicted molar refractivity (Wildman–Crippen MR) is 76.5 cm³/mol. The average Bonchev–Trinajstić information content (AvgIpc) is 2.35. The van der Waals surface area contributed by atoms with Crippen molar-refractivity contribution < 1.29 is 14.7 Å². The van der Waals surface area contributed by atoms with Crippen molar-refractivity contribution in [1.29, 1.82) is 0 Å². The summed E-state index contributed by atoms with van der Waals surface area (Å²) in [5.74, 6) is 0. The van der Waals surface area contributed by atoms with Gasteiger partial charge in [-0.25, -0.2) is 14.5 Å². The van der Waals surface area contributed by atoms with Crippen LogP contribution < -0.4 is 11.1 Å². The summed E-state index contributed by atoms with van der Waals surface area (Å²) in [6.07, 6.45) is -0.711. The molecule has 0 saturated heterocycles. The van der Waals surface area contributed by atoms with Crippen LogP contribution in [0.5, 0.6) is 0 Å². The molecule has 0 aromatic heterocycles. The van der Waals surface area contributed by atoms with Gasteiger partial charge in [-0.05, 0) is 12.0 Å². The third kappa shape index (κ3) is 5.27. The maximum Gasteiger partial charge on any atom is 0.415 e. The van der Waals surface area contributed by atoms with Crippen molar-refractivity contribution >= 4 is 12.1 Å². The second kappa shape index (κ2) is 7.49. The lowest BCUT2D eigenvalue weighted by molar-refractivity contribution is 0.146. The van der Waals surface area contributed by atoms with E-state index in [4.69, 9.17) is 10.8 Å². The molecule has 1 aromatic rings. The molecule has 0 bridgehead atoms. The predicted octanol–water partition coefficient (Wildman–Crippen LogP) is 1.65. The van der Waals surface area contributed by atoms with Crippen molar-refractivity contribution in [2.24, 2.45) is 5.73 Å². The number of nitrogens with two attached hydrogens (primary N) is 1. The van der Waals surface area contributed by atoms with Gasteiger partial charge in [0.05, 0.1) is 0 Å². The molecule has 0 radical (unpaired) electrons. The molecule has 0 aliphatic rings. The molecule has 0 heterocycles. The van der Waals surface area contributed by atoms with Crippen LogP contribution in [0.25, 0.3) is 0 Å². The van der Waals surface area contributed by atoms with Crippen molar-refractivity contribution in [2.45, 2.75) is 32.4 Å². The minimum Gasteiger partial charge on any atom is -0.465 e. The van der Waals surface area contributed by atoms with Gasteiger partial charge in [0.15, 0.2) is 0 Å². The fourth-order valence-electron chi connectivity index (χ4n) is 2.03. The van der Waals surface area contributed by atoms with E-state index in [1.165, 1.54) is 0 Å². The standard InChI is InChI=1S/C14H21N3O3/c1-10(2)16-12(8-11-6-4-3-5-7-11)9-17(13(15)18)14(19)20/h3-7,10,12,16H,8-9H2,1-2H3,(H2,15,18)(H,19,20). The summed E-state index contributed by atoms with van der Waals surface area (Å²) in [4.78, 5) is 22.8. The number of nitrogens with zero attached hydrogens (tertiary/aromatic N) is 1. The maximum absolute atomic E-state index is 11.2. The van der Waals surface area contributed by atoms with Crippen LogP contribution >= 0.6 is 0 Å². The number of carbonyl (C=O) groups is 2. The number of urea groups is 1. The Balaban J connectivity index is 2.78. The molecule has 6 nitrogen and oxygen atoms in total. The Kier molecular flexibility index (Phi) is 5.99. The van der Waals surface area contributed by atoms with Crippen LogP contribution in [0.2, 0.25) is 0 Å². The molecule has 1 unspecified atom stereocenters. The van der Waals surface area contributed by atoms with Crippen molar-refractivity contribution in [3.63, 3.8) is 0 Å². The Labute approximate surface area is 118 Å². The van der Waals surface area contributed by atoms with Gasteiger partial charge in [0.1, 0.15) is 0 Å². The Bertz CT molecular complexity index is 434. The first-order chi connectivity index (χ1) is 9.40. The highest BCUT2D eigenvalue weighted by molar-refractivity contribution is 5.88. The number of amides is 3. The van der Waals surface area contributed by atoms with E-state index in [1.807, 2.05) is 44.2 Å². The molecular weight excluding hydrogens is 258 g/mol. The second-order valence-electron chi connectivity index (χ2n) is 4.94. The van der Waals surface area contributed by atoms with Crippen LogP contribution in [-0.4, -0.2) is 40.8 Å². The summed E-state index contributed by atoms with van der Waals surface area (Å²) in [5, 5.41) is 12.2. The quantitative estimate of drug-likeness (QED) is 0.737. The Morgan fingerprint density at radius 2 is 1.90 bits per heavy atom. The van der Waals surface area contributed by atoms with Crippen molar-refractivity contribution in [1.82, 2.24) is 10.2 Å². The molecule has 4 N–H and O–H groups in total. The maximum atomic E-state index is 11.2. The fourth-order valence-corrected chi connectivity index (χ4v) is 2.03. The van der Waals surface area contributed by atoms with E-state index < -0.39 is 12.1 Å². The number of carbonyl (C=O) groups excluding carboxylic acids is 1. The summed E-state index contributed by atoms with van der Waals surface area (Å²) in [5.41, 5.74) is 6.16. The third-order valence-electron chi connectivity index (χ3n) is 2.79. The summed E-state index contributed by atoms with van der Waals surface area (Å²) >= 11 is 0. The highest BCUT2D eigenvalue weighted by Gasteiger charge is 2.23. The lowest BCUT2D eigenvalue weighted by atomic mass is 10.0. The topological polar surface area (TPSA) is 95.7 Å². The second-order valence-corrected chi connectivity index (χ2v) is 4.94. The van der Waals surface area contributed by atoms with E-state index >= 15 is 0 Å². The average molecular weight is 279 g/mol. The van der Waals surface area contributed by atoms with Gasteiger partial charge in [-0.3, -0.25) is 0 Å². The van der Waals surface area contributed by atoms with Gasteiger partial charge in [-0.1, -0.05) is 44.2 Å². The van der Waals surface area contributed by atoms with Crippen molar-refractivity contribution in [3.8, 4) is 0 Å².